The van der Waals surface area contributed by atoms with Crippen molar-refractivity contribution in [2.75, 3.05) is 7.11 Å². The zero-order valence-electron chi connectivity index (χ0n) is 12.8. The molecule has 0 fully saturated rings. The summed E-state index contributed by atoms with van der Waals surface area (Å²) in [5.74, 6) is -0.682. The van der Waals surface area contributed by atoms with E-state index in [1.54, 1.807) is 53.0 Å². The van der Waals surface area contributed by atoms with Crippen LogP contribution >= 0.6 is 15.9 Å². The molecule has 0 aliphatic carbocycles. The third-order valence-corrected chi connectivity index (χ3v) is 4.56. The molecule has 6 heteroatoms. The molecule has 1 aromatic carbocycles. The first-order valence-corrected chi connectivity index (χ1v) is 7.21. The van der Waals surface area contributed by atoms with Crippen molar-refractivity contribution in [1.29, 1.82) is 0 Å². The van der Waals surface area contributed by atoms with Crippen molar-refractivity contribution in [2.45, 2.75) is 33.2 Å². The fourth-order valence-corrected chi connectivity index (χ4v) is 2.13. The topological polar surface area (TPSA) is 75.6 Å². The minimum atomic E-state index is -1.10. The lowest BCUT2D eigenvalue weighted by molar-refractivity contribution is -0.150. The number of nitrogens with one attached hydrogen (secondary N) is 1. The smallest absolute Gasteiger partial charge is 0.311 e. The summed E-state index contributed by atoms with van der Waals surface area (Å²) in [6.45, 7) is 6.55. The van der Waals surface area contributed by atoms with Gasteiger partial charge in [0.05, 0.1) is 22.5 Å². The zero-order valence-corrected chi connectivity index (χ0v) is 14.4. The molecule has 21 heavy (non-hydrogen) atoms. The zero-order chi connectivity index (χ0) is 16.4. The van der Waals surface area contributed by atoms with E-state index in [0.29, 0.717) is 15.8 Å². The van der Waals surface area contributed by atoms with Crippen LogP contribution in [0.5, 0.6) is 5.75 Å². The number of hydrogen-bond donors (Lipinski definition) is 2. The van der Waals surface area contributed by atoms with Crippen LogP contribution in [0.15, 0.2) is 22.7 Å². The molecule has 1 rings (SSSR count). The molecule has 1 amide bonds. The number of halogens is 1. The van der Waals surface area contributed by atoms with Gasteiger partial charge < -0.3 is 15.2 Å². The maximum absolute atomic E-state index is 12.3. The summed E-state index contributed by atoms with van der Waals surface area (Å²) in [7, 11) is 1.54. The van der Waals surface area contributed by atoms with Crippen LogP contribution in [0.1, 0.15) is 38.1 Å². The van der Waals surface area contributed by atoms with E-state index in [1.165, 1.54) is 0 Å². The Balaban J connectivity index is 3.00. The highest BCUT2D eigenvalue weighted by Gasteiger charge is 2.44. The summed E-state index contributed by atoms with van der Waals surface area (Å²) >= 11 is 3.32. The summed E-state index contributed by atoms with van der Waals surface area (Å²) in [5, 5.41) is 12.1. The highest BCUT2D eigenvalue weighted by Crippen LogP contribution is 2.31. The van der Waals surface area contributed by atoms with E-state index in [4.69, 9.17) is 4.74 Å². The molecule has 0 spiro atoms. The normalized spacial score (nSPS) is 11.9. The average molecular weight is 358 g/mol. The number of carbonyl (C=O) groups excluding carboxylic acids is 1. The summed E-state index contributed by atoms with van der Waals surface area (Å²) in [6.07, 6.45) is 0. The number of hydrogen-bond acceptors (Lipinski definition) is 3. The van der Waals surface area contributed by atoms with E-state index in [0.717, 1.165) is 0 Å². The van der Waals surface area contributed by atoms with Gasteiger partial charge in [0.1, 0.15) is 5.75 Å². The quantitative estimate of drug-likeness (QED) is 0.848. The van der Waals surface area contributed by atoms with Crippen molar-refractivity contribution in [1.82, 2.24) is 5.32 Å². The van der Waals surface area contributed by atoms with Crippen molar-refractivity contribution in [2.24, 2.45) is 5.41 Å². The van der Waals surface area contributed by atoms with Crippen molar-refractivity contribution in [3.63, 3.8) is 0 Å². The van der Waals surface area contributed by atoms with Crippen LogP contribution < -0.4 is 10.1 Å². The first-order valence-electron chi connectivity index (χ1n) is 6.42. The van der Waals surface area contributed by atoms with Crippen molar-refractivity contribution in [3.05, 3.63) is 28.2 Å². The molecule has 0 atom stereocenters. The van der Waals surface area contributed by atoms with Crippen molar-refractivity contribution < 1.29 is 19.4 Å². The molecule has 1 aromatic rings. The van der Waals surface area contributed by atoms with Crippen LogP contribution in [0.3, 0.4) is 0 Å². The van der Waals surface area contributed by atoms with E-state index in [9.17, 15) is 14.7 Å². The Bertz CT molecular complexity index is 567. The van der Waals surface area contributed by atoms with E-state index in [1.807, 2.05) is 0 Å². The third kappa shape index (κ3) is 3.56. The van der Waals surface area contributed by atoms with Gasteiger partial charge in [0.15, 0.2) is 0 Å². The van der Waals surface area contributed by atoms with Gasteiger partial charge >= 0.3 is 5.97 Å². The molecule has 2 N–H and O–H groups in total. The lowest BCUT2D eigenvalue weighted by Gasteiger charge is -2.38. The number of rotatable bonds is 5. The summed E-state index contributed by atoms with van der Waals surface area (Å²) in [5.41, 5.74) is -1.59. The van der Waals surface area contributed by atoms with Crippen LogP contribution in [-0.4, -0.2) is 29.6 Å². The molecule has 0 aromatic heterocycles. The summed E-state index contributed by atoms with van der Waals surface area (Å²) < 4.78 is 5.77. The number of carboxylic acids is 1. The number of benzene rings is 1. The van der Waals surface area contributed by atoms with E-state index in [2.05, 4.69) is 21.2 Å². The highest BCUT2D eigenvalue weighted by atomic mass is 79.9. The molecule has 0 aliphatic rings. The van der Waals surface area contributed by atoms with Gasteiger partial charge in [-0.25, -0.2) is 0 Å². The molecule has 0 saturated heterocycles. The average Bonchev–Trinajstić information content (AvgIpc) is 2.37. The first-order chi connectivity index (χ1) is 9.52. The molecule has 0 radical (unpaired) electrons. The van der Waals surface area contributed by atoms with Gasteiger partial charge in [0.25, 0.3) is 5.91 Å². The Hall–Kier alpha value is -1.56. The van der Waals surface area contributed by atoms with E-state index < -0.39 is 16.9 Å². The van der Waals surface area contributed by atoms with Crippen molar-refractivity contribution in [3.8, 4) is 5.75 Å². The SMILES string of the molecule is COc1ccc(C(=O)NC(C)(C)C(C)(C)C(=O)O)cc1Br. The van der Waals surface area contributed by atoms with Gasteiger partial charge in [-0.15, -0.1) is 0 Å². The molecule has 0 heterocycles. The second kappa shape index (κ2) is 6.05. The van der Waals surface area contributed by atoms with Gasteiger partial charge in [0, 0.05) is 5.56 Å². The minimum Gasteiger partial charge on any atom is -0.496 e. The fraction of sp³-hybridized carbons (Fsp3) is 0.467. The van der Waals surface area contributed by atoms with Crippen LogP contribution in [0.25, 0.3) is 0 Å². The third-order valence-electron chi connectivity index (χ3n) is 3.94. The number of aliphatic carboxylic acids is 1. The Morgan fingerprint density at radius 2 is 1.81 bits per heavy atom. The monoisotopic (exact) mass is 357 g/mol. The number of carbonyl (C=O) groups is 2. The van der Waals surface area contributed by atoms with Gasteiger partial charge in [-0.2, -0.15) is 0 Å². The molecule has 0 bridgehead atoms. The summed E-state index contributed by atoms with van der Waals surface area (Å²) in [6, 6.07) is 4.94. The van der Waals surface area contributed by atoms with Crippen LogP contribution in [0.2, 0.25) is 0 Å². The second-order valence-electron chi connectivity index (χ2n) is 5.86. The first kappa shape index (κ1) is 17.5. The molecule has 116 valence electrons. The Morgan fingerprint density at radius 3 is 2.24 bits per heavy atom. The lowest BCUT2D eigenvalue weighted by atomic mass is 9.74. The standard InChI is InChI=1S/C15H20BrNO4/c1-14(2,13(19)20)15(3,4)17-12(18)9-6-7-11(21-5)10(16)8-9/h6-8H,1-5H3,(H,17,18)(H,19,20). The maximum Gasteiger partial charge on any atom is 0.311 e. The minimum absolute atomic E-state index is 0.335. The molecule has 0 saturated carbocycles. The van der Waals surface area contributed by atoms with Crippen LogP contribution in [0, 0.1) is 5.41 Å². The Labute approximate surface area is 132 Å². The lowest BCUT2D eigenvalue weighted by Crippen LogP contribution is -2.56. The van der Waals surface area contributed by atoms with Gasteiger partial charge in [-0.3, -0.25) is 9.59 Å². The molecule has 5 nitrogen and oxygen atoms in total. The largest absolute Gasteiger partial charge is 0.496 e. The highest BCUT2D eigenvalue weighted by molar-refractivity contribution is 9.10. The van der Waals surface area contributed by atoms with Gasteiger partial charge in [-0.1, -0.05) is 0 Å². The van der Waals surface area contributed by atoms with Gasteiger partial charge in [0.2, 0.25) is 0 Å². The predicted octanol–water partition coefficient (Wildman–Crippen LogP) is 3.08. The summed E-state index contributed by atoms with van der Waals surface area (Å²) in [4.78, 5) is 23.7. The number of amides is 1. The number of carboxylic acid groups (broad SMARTS) is 1. The second-order valence-corrected chi connectivity index (χ2v) is 6.71. The molecular formula is C15H20BrNO4. The van der Waals surface area contributed by atoms with E-state index in [-0.39, 0.29) is 5.91 Å². The van der Waals surface area contributed by atoms with Crippen LogP contribution in [0.4, 0.5) is 0 Å². The van der Waals surface area contributed by atoms with Crippen LogP contribution in [-0.2, 0) is 4.79 Å². The number of ether oxygens (including phenoxy) is 1. The Morgan fingerprint density at radius 1 is 1.24 bits per heavy atom. The Kier molecular flexibility index (Phi) is 5.04. The molecule has 0 aliphatic heterocycles. The molecule has 0 unspecified atom stereocenters. The van der Waals surface area contributed by atoms with Gasteiger partial charge in [-0.05, 0) is 61.8 Å². The number of methoxy groups -OCH3 is 1. The van der Waals surface area contributed by atoms with E-state index >= 15 is 0 Å². The van der Waals surface area contributed by atoms with Crippen molar-refractivity contribution >= 4 is 27.8 Å². The predicted molar refractivity (Wildman–Crippen MR) is 83.7 cm³/mol. The molecular weight excluding hydrogens is 338 g/mol. The fourth-order valence-electron chi connectivity index (χ4n) is 1.59. The maximum atomic E-state index is 12.3.